The Morgan fingerprint density at radius 3 is 2.52 bits per heavy atom. The van der Waals surface area contributed by atoms with Crippen molar-refractivity contribution in [2.45, 2.75) is 19.5 Å². The van der Waals surface area contributed by atoms with Gasteiger partial charge < -0.3 is 10.6 Å². The molecule has 1 heterocycles. The van der Waals surface area contributed by atoms with E-state index in [1.807, 2.05) is 23.6 Å². The van der Waals surface area contributed by atoms with Crippen LogP contribution in [0.15, 0.2) is 66.0 Å². The summed E-state index contributed by atoms with van der Waals surface area (Å²) >= 11 is 1.31. The monoisotopic (exact) mass is 382 g/mol. The van der Waals surface area contributed by atoms with Crippen LogP contribution in [-0.4, -0.2) is 11.8 Å². The molecule has 0 aliphatic rings. The lowest BCUT2D eigenvalue weighted by Crippen LogP contribution is -2.40. The van der Waals surface area contributed by atoms with E-state index in [9.17, 15) is 14.0 Å². The molecule has 0 fully saturated rings. The summed E-state index contributed by atoms with van der Waals surface area (Å²) in [6, 6.07) is 16.4. The Morgan fingerprint density at radius 1 is 1.07 bits per heavy atom. The fraction of sp³-hybridized carbons (Fsp3) is 0.143. The Kier molecular flexibility index (Phi) is 5.98. The van der Waals surface area contributed by atoms with Gasteiger partial charge in [0.05, 0.1) is 4.88 Å². The van der Waals surface area contributed by atoms with Crippen LogP contribution in [0.3, 0.4) is 0 Å². The normalized spacial score (nSPS) is 11.6. The first kappa shape index (κ1) is 18.8. The van der Waals surface area contributed by atoms with Crippen LogP contribution in [0, 0.1) is 12.7 Å². The van der Waals surface area contributed by atoms with Gasteiger partial charge >= 0.3 is 0 Å². The maximum atomic E-state index is 13.4. The van der Waals surface area contributed by atoms with Gasteiger partial charge in [-0.15, -0.1) is 11.3 Å². The topological polar surface area (TPSA) is 58.2 Å². The van der Waals surface area contributed by atoms with E-state index in [-0.39, 0.29) is 24.2 Å². The number of amides is 2. The molecule has 6 heteroatoms. The van der Waals surface area contributed by atoms with E-state index >= 15 is 0 Å². The Labute approximate surface area is 161 Å². The van der Waals surface area contributed by atoms with Crippen LogP contribution in [-0.2, 0) is 11.3 Å². The second-order valence-electron chi connectivity index (χ2n) is 6.10. The van der Waals surface area contributed by atoms with Crippen molar-refractivity contribution in [1.82, 2.24) is 10.6 Å². The molecular formula is C21H19FN2O2S. The maximum absolute atomic E-state index is 13.4. The first-order chi connectivity index (χ1) is 13.0. The van der Waals surface area contributed by atoms with E-state index in [2.05, 4.69) is 10.6 Å². The first-order valence-corrected chi connectivity index (χ1v) is 9.34. The van der Waals surface area contributed by atoms with Crippen LogP contribution in [0.1, 0.15) is 32.4 Å². The molecule has 1 unspecified atom stereocenters. The van der Waals surface area contributed by atoms with E-state index in [4.69, 9.17) is 0 Å². The molecule has 0 radical (unpaired) electrons. The molecule has 3 rings (SSSR count). The standard InChI is InChI=1S/C21H19FN2O2S/c1-14-12-15(9-10-17(14)22)13-23-21(26)19(16-6-3-2-4-7-16)24-20(25)18-8-5-11-27-18/h2-12,19H,13H2,1H3,(H,23,26)(H,24,25). The summed E-state index contributed by atoms with van der Waals surface area (Å²) in [6.45, 7) is 1.92. The molecule has 138 valence electrons. The van der Waals surface area contributed by atoms with Gasteiger partial charge in [0, 0.05) is 6.54 Å². The number of carbonyl (C=O) groups excluding carboxylic acids is 2. The first-order valence-electron chi connectivity index (χ1n) is 8.46. The Bertz CT molecular complexity index is 927. The number of aryl methyl sites for hydroxylation is 1. The molecule has 3 aromatic rings. The maximum Gasteiger partial charge on any atom is 0.262 e. The van der Waals surface area contributed by atoms with Crippen LogP contribution in [0.2, 0.25) is 0 Å². The summed E-state index contributed by atoms with van der Waals surface area (Å²) in [4.78, 5) is 25.7. The van der Waals surface area contributed by atoms with E-state index in [1.54, 1.807) is 43.3 Å². The van der Waals surface area contributed by atoms with Crippen LogP contribution in [0.4, 0.5) is 4.39 Å². The van der Waals surface area contributed by atoms with Gasteiger partial charge in [-0.2, -0.15) is 0 Å². The van der Waals surface area contributed by atoms with Crippen molar-refractivity contribution >= 4 is 23.2 Å². The molecule has 0 aliphatic heterocycles. The Hall–Kier alpha value is -2.99. The van der Waals surface area contributed by atoms with Gasteiger partial charge in [-0.3, -0.25) is 9.59 Å². The number of halogens is 1. The van der Waals surface area contributed by atoms with Crippen molar-refractivity contribution in [2.24, 2.45) is 0 Å². The van der Waals surface area contributed by atoms with Crippen LogP contribution in [0.5, 0.6) is 0 Å². The molecule has 1 aromatic heterocycles. The molecule has 0 bridgehead atoms. The minimum atomic E-state index is -0.817. The smallest absolute Gasteiger partial charge is 0.262 e. The fourth-order valence-electron chi connectivity index (χ4n) is 2.66. The summed E-state index contributed by atoms with van der Waals surface area (Å²) in [6.07, 6.45) is 0. The second kappa shape index (κ2) is 8.60. The van der Waals surface area contributed by atoms with Gasteiger partial charge in [-0.1, -0.05) is 48.5 Å². The number of hydrogen-bond donors (Lipinski definition) is 2. The number of benzene rings is 2. The highest BCUT2D eigenvalue weighted by Crippen LogP contribution is 2.16. The van der Waals surface area contributed by atoms with E-state index in [0.717, 1.165) is 5.56 Å². The SMILES string of the molecule is Cc1cc(CNC(=O)C(NC(=O)c2cccs2)c2ccccc2)ccc1F. The van der Waals surface area contributed by atoms with Crippen molar-refractivity contribution in [3.63, 3.8) is 0 Å². The highest BCUT2D eigenvalue weighted by atomic mass is 32.1. The number of hydrogen-bond acceptors (Lipinski definition) is 3. The molecule has 4 nitrogen and oxygen atoms in total. The van der Waals surface area contributed by atoms with Crippen LogP contribution >= 0.6 is 11.3 Å². The van der Waals surface area contributed by atoms with Gasteiger partial charge in [0.15, 0.2) is 0 Å². The third kappa shape index (κ3) is 4.80. The summed E-state index contributed by atoms with van der Waals surface area (Å²) in [5, 5.41) is 7.42. The van der Waals surface area contributed by atoms with E-state index < -0.39 is 6.04 Å². The third-order valence-corrected chi connectivity index (χ3v) is 4.97. The van der Waals surface area contributed by atoms with Gasteiger partial charge in [-0.25, -0.2) is 4.39 Å². The molecule has 2 N–H and O–H groups in total. The van der Waals surface area contributed by atoms with Crippen LogP contribution in [0.25, 0.3) is 0 Å². The summed E-state index contributed by atoms with van der Waals surface area (Å²) < 4.78 is 13.4. The van der Waals surface area contributed by atoms with Crippen molar-refractivity contribution in [3.05, 3.63) is 93.4 Å². The zero-order valence-corrected chi connectivity index (χ0v) is 15.6. The predicted octanol–water partition coefficient (Wildman–Crippen LogP) is 3.98. The number of nitrogens with one attached hydrogen (secondary N) is 2. The molecule has 0 aliphatic carbocycles. The largest absolute Gasteiger partial charge is 0.350 e. The molecule has 0 saturated carbocycles. The van der Waals surface area contributed by atoms with E-state index in [0.29, 0.717) is 16.0 Å². The second-order valence-corrected chi connectivity index (χ2v) is 7.04. The molecule has 2 aromatic carbocycles. The van der Waals surface area contributed by atoms with Crippen LogP contribution < -0.4 is 10.6 Å². The number of carbonyl (C=O) groups is 2. The molecule has 0 spiro atoms. The zero-order chi connectivity index (χ0) is 19.2. The van der Waals surface area contributed by atoms with Crippen molar-refractivity contribution in [1.29, 1.82) is 0 Å². The molecular weight excluding hydrogens is 363 g/mol. The summed E-state index contributed by atoms with van der Waals surface area (Å²) in [7, 11) is 0. The lowest BCUT2D eigenvalue weighted by Gasteiger charge is -2.19. The highest BCUT2D eigenvalue weighted by Gasteiger charge is 2.23. The average molecular weight is 382 g/mol. The lowest BCUT2D eigenvalue weighted by molar-refractivity contribution is -0.123. The molecule has 1 atom stereocenters. The molecule has 2 amide bonds. The van der Waals surface area contributed by atoms with Crippen molar-refractivity contribution < 1.29 is 14.0 Å². The molecule has 0 saturated heterocycles. The summed E-state index contributed by atoms with van der Waals surface area (Å²) in [5.74, 6) is -0.907. The minimum absolute atomic E-state index is 0.248. The Balaban J connectivity index is 1.74. The van der Waals surface area contributed by atoms with Crippen molar-refractivity contribution in [3.8, 4) is 0 Å². The summed E-state index contributed by atoms with van der Waals surface area (Å²) in [5.41, 5.74) is 2.00. The van der Waals surface area contributed by atoms with Gasteiger partial charge in [0.1, 0.15) is 11.9 Å². The molecule has 27 heavy (non-hydrogen) atoms. The Morgan fingerprint density at radius 2 is 1.85 bits per heavy atom. The van der Waals surface area contributed by atoms with E-state index in [1.165, 1.54) is 17.4 Å². The zero-order valence-electron chi connectivity index (χ0n) is 14.7. The number of thiophene rings is 1. The van der Waals surface area contributed by atoms with Gasteiger partial charge in [0.2, 0.25) is 5.91 Å². The number of rotatable bonds is 6. The fourth-order valence-corrected chi connectivity index (χ4v) is 3.29. The quantitative estimate of drug-likeness (QED) is 0.677. The highest BCUT2D eigenvalue weighted by molar-refractivity contribution is 7.12. The predicted molar refractivity (Wildman–Crippen MR) is 104 cm³/mol. The van der Waals surface area contributed by atoms with Gasteiger partial charge in [-0.05, 0) is 41.1 Å². The van der Waals surface area contributed by atoms with Crippen molar-refractivity contribution in [2.75, 3.05) is 0 Å². The average Bonchev–Trinajstić information content (AvgIpc) is 3.22. The lowest BCUT2D eigenvalue weighted by atomic mass is 10.1. The third-order valence-electron chi connectivity index (χ3n) is 4.10. The minimum Gasteiger partial charge on any atom is -0.350 e. The van der Waals surface area contributed by atoms with Gasteiger partial charge in [0.25, 0.3) is 5.91 Å².